The van der Waals surface area contributed by atoms with Gasteiger partial charge in [0, 0.05) is 10.6 Å². The van der Waals surface area contributed by atoms with E-state index >= 15 is 0 Å². The number of nitrogens with one attached hydrogen (secondary N) is 1. The highest BCUT2D eigenvalue weighted by atomic mass is 35.5. The van der Waals surface area contributed by atoms with Gasteiger partial charge < -0.3 is 9.84 Å². The number of hydrogen-bond donors (Lipinski definition) is 2. The third-order valence-electron chi connectivity index (χ3n) is 3.79. The Labute approximate surface area is 169 Å². The number of phenols is 1. The van der Waals surface area contributed by atoms with Crippen LogP contribution in [0.25, 0.3) is 6.08 Å². The van der Waals surface area contributed by atoms with Crippen LogP contribution in [-0.2, 0) is 9.59 Å². The number of anilines is 1. The third kappa shape index (κ3) is 3.75. The van der Waals surface area contributed by atoms with Crippen LogP contribution < -0.4 is 15.0 Å². The number of amides is 2. The average molecular weight is 423 g/mol. The summed E-state index contributed by atoms with van der Waals surface area (Å²) in [6, 6.07) is 9.32. The number of hydrogen-bond acceptors (Lipinski definition) is 5. The van der Waals surface area contributed by atoms with Gasteiger partial charge in [-0.05, 0) is 54.7 Å². The minimum atomic E-state index is -0.690. The number of carbonyl (C=O) groups excluding carboxylic acids is 2. The Balaban J connectivity index is 2.04. The van der Waals surface area contributed by atoms with Gasteiger partial charge in [0.25, 0.3) is 11.8 Å². The van der Waals surface area contributed by atoms with Crippen LogP contribution in [0.2, 0.25) is 10.0 Å². The van der Waals surface area contributed by atoms with Gasteiger partial charge in [-0.2, -0.15) is 0 Å². The summed E-state index contributed by atoms with van der Waals surface area (Å²) in [5.41, 5.74) is 0.353. The maximum atomic E-state index is 12.9. The summed E-state index contributed by atoms with van der Waals surface area (Å²) in [4.78, 5) is 26.4. The molecule has 0 aliphatic carbocycles. The zero-order valence-corrected chi connectivity index (χ0v) is 16.2. The molecule has 1 heterocycles. The fourth-order valence-corrected chi connectivity index (χ4v) is 3.26. The predicted octanol–water partition coefficient (Wildman–Crippen LogP) is 3.54. The number of rotatable bonds is 3. The smallest absolute Gasteiger partial charge is 0.270 e. The maximum Gasteiger partial charge on any atom is 0.270 e. The number of carbonyl (C=O) groups is 2. The second kappa shape index (κ2) is 7.56. The molecule has 0 spiro atoms. The minimum Gasteiger partial charge on any atom is -0.506 e. The van der Waals surface area contributed by atoms with Gasteiger partial charge in [-0.3, -0.25) is 19.8 Å². The molecule has 1 aliphatic heterocycles. The van der Waals surface area contributed by atoms with E-state index in [-0.39, 0.29) is 32.0 Å². The largest absolute Gasteiger partial charge is 0.506 e. The minimum absolute atomic E-state index is 0.000507. The first-order valence-corrected chi connectivity index (χ1v) is 8.71. The summed E-state index contributed by atoms with van der Waals surface area (Å²) in [7, 11) is 1.52. The highest BCUT2D eigenvalue weighted by Gasteiger charge is 2.34. The van der Waals surface area contributed by atoms with Crippen molar-refractivity contribution in [1.29, 1.82) is 0 Å². The van der Waals surface area contributed by atoms with E-state index in [4.69, 9.17) is 40.2 Å². The van der Waals surface area contributed by atoms with E-state index in [1.54, 1.807) is 24.3 Å². The third-order valence-corrected chi connectivity index (χ3v) is 4.58. The molecule has 138 valence electrons. The molecule has 0 saturated carbocycles. The average Bonchev–Trinajstić information content (AvgIpc) is 2.62. The number of ether oxygens (including phenoxy) is 1. The van der Waals surface area contributed by atoms with Crippen molar-refractivity contribution in [2.24, 2.45) is 0 Å². The summed E-state index contributed by atoms with van der Waals surface area (Å²) in [6.07, 6.45) is 1.21. The predicted molar refractivity (Wildman–Crippen MR) is 107 cm³/mol. The highest BCUT2D eigenvalue weighted by molar-refractivity contribution is 7.80. The number of methoxy groups -OCH3 is 1. The molecular weight excluding hydrogens is 411 g/mol. The quantitative estimate of drug-likeness (QED) is 0.449. The van der Waals surface area contributed by atoms with Crippen molar-refractivity contribution in [1.82, 2.24) is 5.32 Å². The normalized spacial score (nSPS) is 15.9. The molecule has 2 amide bonds. The van der Waals surface area contributed by atoms with Gasteiger partial charge in [0.1, 0.15) is 17.1 Å². The van der Waals surface area contributed by atoms with Crippen LogP contribution in [0.15, 0.2) is 42.0 Å². The first-order valence-electron chi connectivity index (χ1n) is 7.55. The Kier molecular flexibility index (Phi) is 5.36. The van der Waals surface area contributed by atoms with E-state index in [0.29, 0.717) is 11.4 Å². The van der Waals surface area contributed by atoms with Gasteiger partial charge in [-0.1, -0.05) is 23.2 Å². The lowest BCUT2D eigenvalue weighted by molar-refractivity contribution is -0.122. The standard InChI is InChI=1S/C18H12Cl2N2O4S/c1-26-12-4-2-11(3-5-12)22-17(25)13(16(24)21-18(22)27)7-9-6-10(19)8-14(20)15(9)23/h2-8,23H,1H3,(H,21,24,27)/b13-7+. The van der Waals surface area contributed by atoms with Crippen molar-refractivity contribution in [2.75, 3.05) is 12.0 Å². The van der Waals surface area contributed by atoms with E-state index in [0.717, 1.165) is 0 Å². The molecule has 1 aliphatic rings. The van der Waals surface area contributed by atoms with Crippen LogP contribution in [0.5, 0.6) is 11.5 Å². The van der Waals surface area contributed by atoms with Crippen molar-refractivity contribution in [3.8, 4) is 11.5 Å². The Morgan fingerprint density at radius 3 is 2.48 bits per heavy atom. The summed E-state index contributed by atoms with van der Waals surface area (Å²) in [6.45, 7) is 0. The molecule has 1 fully saturated rings. The van der Waals surface area contributed by atoms with Crippen molar-refractivity contribution in [3.63, 3.8) is 0 Å². The fourth-order valence-electron chi connectivity index (χ4n) is 2.47. The number of aromatic hydroxyl groups is 1. The van der Waals surface area contributed by atoms with Crippen LogP contribution >= 0.6 is 35.4 Å². The second-order valence-corrected chi connectivity index (χ2v) is 6.71. The van der Waals surface area contributed by atoms with Gasteiger partial charge in [0.2, 0.25) is 0 Å². The number of halogens is 2. The van der Waals surface area contributed by atoms with Crippen LogP contribution in [0, 0.1) is 0 Å². The Hall–Kier alpha value is -2.61. The van der Waals surface area contributed by atoms with Crippen molar-refractivity contribution in [3.05, 3.63) is 57.6 Å². The number of benzene rings is 2. The molecule has 2 aromatic rings. The molecule has 2 N–H and O–H groups in total. The fraction of sp³-hybridized carbons (Fsp3) is 0.0556. The first-order chi connectivity index (χ1) is 12.8. The molecule has 27 heavy (non-hydrogen) atoms. The molecule has 2 aromatic carbocycles. The Morgan fingerprint density at radius 2 is 1.85 bits per heavy atom. The zero-order chi connectivity index (χ0) is 19.7. The molecule has 0 aromatic heterocycles. The van der Waals surface area contributed by atoms with Gasteiger partial charge in [-0.25, -0.2) is 0 Å². The lowest BCUT2D eigenvalue weighted by atomic mass is 10.1. The first kappa shape index (κ1) is 19.2. The van der Waals surface area contributed by atoms with Crippen LogP contribution in [0.1, 0.15) is 5.56 Å². The number of phenolic OH excluding ortho intramolecular Hbond substituents is 1. The maximum absolute atomic E-state index is 12.9. The van der Waals surface area contributed by atoms with Crippen LogP contribution in [0.3, 0.4) is 0 Å². The SMILES string of the molecule is COc1ccc(N2C(=O)/C(=C/c3cc(Cl)cc(Cl)c3O)C(=O)NC2=S)cc1. The molecule has 0 unspecified atom stereocenters. The van der Waals surface area contributed by atoms with Gasteiger partial charge >= 0.3 is 0 Å². The molecule has 3 rings (SSSR count). The molecule has 0 bridgehead atoms. The van der Waals surface area contributed by atoms with E-state index in [2.05, 4.69) is 5.32 Å². The Morgan fingerprint density at radius 1 is 1.19 bits per heavy atom. The lowest BCUT2D eigenvalue weighted by Gasteiger charge is -2.29. The van der Waals surface area contributed by atoms with Crippen molar-refractivity contribution >= 4 is 64.1 Å². The van der Waals surface area contributed by atoms with E-state index < -0.39 is 11.8 Å². The van der Waals surface area contributed by atoms with E-state index in [1.165, 1.54) is 30.2 Å². The number of nitrogens with zero attached hydrogens (tertiary/aromatic N) is 1. The summed E-state index contributed by atoms with van der Waals surface area (Å²) in [5.74, 6) is -1.03. The van der Waals surface area contributed by atoms with Crippen molar-refractivity contribution < 1.29 is 19.4 Å². The van der Waals surface area contributed by atoms with Crippen LogP contribution in [0.4, 0.5) is 5.69 Å². The van der Waals surface area contributed by atoms with Gasteiger partial charge in [0.15, 0.2) is 5.11 Å². The molecule has 1 saturated heterocycles. The molecular formula is C18H12Cl2N2O4S. The van der Waals surface area contributed by atoms with Crippen molar-refractivity contribution in [2.45, 2.75) is 0 Å². The molecule has 9 heteroatoms. The molecule has 6 nitrogen and oxygen atoms in total. The lowest BCUT2D eigenvalue weighted by Crippen LogP contribution is -2.54. The monoisotopic (exact) mass is 422 g/mol. The Bertz CT molecular complexity index is 990. The number of thiocarbonyl (C=S) groups is 1. The molecule has 0 atom stereocenters. The van der Waals surface area contributed by atoms with Gasteiger partial charge in [-0.15, -0.1) is 0 Å². The van der Waals surface area contributed by atoms with Crippen LogP contribution in [-0.4, -0.2) is 29.1 Å². The summed E-state index contributed by atoms with van der Waals surface area (Å²) in [5, 5.41) is 12.7. The summed E-state index contributed by atoms with van der Waals surface area (Å²) < 4.78 is 5.09. The second-order valence-electron chi connectivity index (χ2n) is 5.48. The zero-order valence-electron chi connectivity index (χ0n) is 13.8. The van der Waals surface area contributed by atoms with Gasteiger partial charge in [0.05, 0.1) is 17.8 Å². The van der Waals surface area contributed by atoms with E-state index in [9.17, 15) is 14.7 Å². The highest BCUT2D eigenvalue weighted by Crippen LogP contribution is 2.33. The summed E-state index contributed by atoms with van der Waals surface area (Å²) >= 11 is 17.0. The molecule has 0 radical (unpaired) electrons. The topological polar surface area (TPSA) is 78.9 Å². The van der Waals surface area contributed by atoms with E-state index in [1.807, 2.05) is 0 Å².